The number of carbonyl (C=O) groups excluding carboxylic acids is 1. The van der Waals surface area contributed by atoms with Crippen LogP contribution in [0, 0.1) is 5.82 Å². The molecule has 0 unspecified atom stereocenters. The van der Waals surface area contributed by atoms with E-state index in [9.17, 15) is 4.79 Å². The zero-order chi connectivity index (χ0) is 25.4. The molecule has 0 fully saturated rings. The maximum absolute atomic E-state index is 15.1. The van der Waals surface area contributed by atoms with Crippen molar-refractivity contribution in [2.24, 2.45) is 7.05 Å². The molecule has 0 aliphatic carbocycles. The Balaban J connectivity index is 1.34. The summed E-state index contributed by atoms with van der Waals surface area (Å²) in [5.41, 5.74) is 5.61. The molecule has 36 heavy (non-hydrogen) atoms. The molecule has 1 aromatic carbocycles. The monoisotopic (exact) mass is 482 g/mol. The molecule has 8 heteroatoms. The lowest BCUT2D eigenvalue weighted by atomic mass is 9.91. The number of carbonyl (C=O) groups is 1. The van der Waals surface area contributed by atoms with Crippen LogP contribution in [0.25, 0.3) is 33.5 Å². The lowest BCUT2D eigenvalue weighted by Gasteiger charge is -2.17. The van der Waals surface area contributed by atoms with E-state index in [-0.39, 0.29) is 23.4 Å². The van der Waals surface area contributed by atoms with Gasteiger partial charge in [-0.2, -0.15) is 5.10 Å². The van der Waals surface area contributed by atoms with Crippen LogP contribution in [-0.2, 0) is 18.9 Å². The molecule has 0 atom stereocenters. The van der Waals surface area contributed by atoms with Crippen molar-refractivity contribution in [3.8, 4) is 22.5 Å². The van der Waals surface area contributed by atoms with Crippen LogP contribution < -0.4 is 0 Å². The Morgan fingerprint density at radius 1 is 1.03 bits per heavy atom. The lowest BCUT2D eigenvalue weighted by molar-refractivity contribution is 0.0982. The van der Waals surface area contributed by atoms with Crippen LogP contribution in [0.4, 0.5) is 4.39 Å². The number of ketones is 1. The number of rotatable bonds is 6. The molecule has 4 heterocycles. The Morgan fingerprint density at radius 3 is 2.53 bits per heavy atom. The van der Waals surface area contributed by atoms with E-state index in [0.717, 1.165) is 22.3 Å². The molecule has 1 N–H and O–H groups in total. The van der Waals surface area contributed by atoms with Crippen molar-refractivity contribution in [1.29, 1.82) is 0 Å². The van der Waals surface area contributed by atoms with Gasteiger partial charge in [-0.25, -0.2) is 14.4 Å². The number of benzene rings is 1. The third-order valence-electron chi connectivity index (χ3n) is 6.24. The van der Waals surface area contributed by atoms with Crippen molar-refractivity contribution < 1.29 is 9.18 Å². The van der Waals surface area contributed by atoms with Crippen molar-refractivity contribution in [3.05, 3.63) is 84.0 Å². The van der Waals surface area contributed by atoms with Crippen LogP contribution in [0.5, 0.6) is 0 Å². The number of nitrogens with one attached hydrogen (secondary N) is 1. The van der Waals surface area contributed by atoms with E-state index in [4.69, 9.17) is 0 Å². The SMILES string of the molecule is Cn1cc(-c2cc3c(-c4ccc(CCC(=O)c5ccc(C(C)(C)C)nc5)c(F)c4)ncnc3[nH]2)cn1. The molecule has 0 saturated heterocycles. The average molecular weight is 483 g/mol. The minimum Gasteiger partial charge on any atom is -0.339 e. The fraction of sp³-hybridized carbons (Fsp3) is 0.250. The van der Waals surface area contributed by atoms with Crippen molar-refractivity contribution in [2.45, 2.75) is 39.0 Å². The normalized spacial score (nSPS) is 11.8. The second-order valence-corrected chi connectivity index (χ2v) is 9.98. The molecular formula is C28H27FN6O. The third kappa shape index (κ3) is 4.66. The Kier molecular flexibility index (Phi) is 5.96. The number of H-pyrrole nitrogens is 1. The van der Waals surface area contributed by atoms with Gasteiger partial charge in [0.15, 0.2) is 5.78 Å². The van der Waals surface area contributed by atoms with E-state index >= 15 is 4.39 Å². The fourth-order valence-electron chi connectivity index (χ4n) is 4.18. The van der Waals surface area contributed by atoms with Gasteiger partial charge in [-0.05, 0) is 36.2 Å². The van der Waals surface area contributed by atoms with Gasteiger partial charge in [-0.3, -0.25) is 14.5 Å². The van der Waals surface area contributed by atoms with E-state index < -0.39 is 0 Å². The Labute approximate surface area is 208 Å². The predicted octanol–water partition coefficient (Wildman–Crippen LogP) is 5.67. The zero-order valence-electron chi connectivity index (χ0n) is 20.7. The number of hydrogen-bond donors (Lipinski definition) is 1. The van der Waals surface area contributed by atoms with E-state index in [1.54, 1.807) is 29.2 Å². The molecule has 0 spiro atoms. The number of pyridine rings is 1. The van der Waals surface area contributed by atoms with Gasteiger partial charge in [0.05, 0.1) is 17.6 Å². The molecule has 0 saturated carbocycles. The quantitative estimate of drug-likeness (QED) is 0.315. The van der Waals surface area contributed by atoms with Gasteiger partial charge >= 0.3 is 0 Å². The summed E-state index contributed by atoms with van der Waals surface area (Å²) in [6, 6.07) is 10.7. The van der Waals surface area contributed by atoms with E-state index in [1.165, 1.54) is 12.4 Å². The van der Waals surface area contributed by atoms with Gasteiger partial charge in [0, 0.05) is 59.0 Å². The first-order chi connectivity index (χ1) is 17.2. The second kappa shape index (κ2) is 9.11. The molecule has 4 aromatic heterocycles. The molecule has 0 aliphatic rings. The van der Waals surface area contributed by atoms with Gasteiger partial charge < -0.3 is 4.98 Å². The standard InChI is InChI=1S/C28H27FN6O/c1-28(2,3)25-10-8-19(13-30-25)24(36)9-7-17-5-6-18(11-22(17)29)26-21-12-23(20-14-33-35(4)15-20)34-27(21)32-16-31-26/h5-6,8,10-16H,7,9H2,1-4H3,(H,31,32,34). The van der Waals surface area contributed by atoms with Crippen molar-refractivity contribution in [2.75, 3.05) is 0 Å². The maximum Gasteiger partial charge on any atom is 0.164 e. The number of aromatic nitrogens is 6. The molecule has 5 aromatic rings. The van der Waals surface area contributed by atoms with Crippen LogP contribution in [0.1, 0.15) is 48.8 Å². The molecule has 5 rings (SSSR count). The molecule has 0 bridgehead atoms. The summed E-state index contributed by atoms with van der Waals surface area (Å²) in [4.78, 5) is 29.1. The van der Waals surface area contributed by atoms with Crippen LogP contribution in [0.3, 0.4) is 0 Å². The fourth-order valence-corrected chi connectivity index (χ4v) is 4.18. The maximum atomic E-state index is 15.1. The van der Waals surface area contributed by atoms with E-state index in [1.807, 2.05) is 31.4 Å². The van der Waals surface area contributed by atoms with E-state index in [2.05, 4.69) is 45.8 Å². The topological polar surface area (TPSA) is 89.4 Å². The number of fused-ring (bicyclic) bond motifs is 1. The summed E-state index contributed by atoms with van der Waals surface area (Å²) in [6.45, 7) is 6.22. The summed E-state index contributed by atoms with van der Waals surface area (Å²) in [5, 5.41) is 5.01. The highest BCUT2D eigenvalue weighted by atomic mass is 19.1. The molecular weight excluding hydrogens is 455 g/mol. The van der Waals surface area contributed by atoms with Crippen LogP contribution in [-0.4, -0.2) is 35.5 Å². The number of aromatic amines is 1. The summed E-state index contributed by atoms with van der Waals surface area (Å²) in [6.07, 6.45) is 7.26. The Bertz CT molecular complexity index is 1560. The largest absolute Gasteiger partial charge is 0.339 e. The smallest absolute Gasteiger partial charge is 0.164 e. The minimum absolute atomic E-state index is 0.0563. The molecule has 182 valence electrons. The summed E-state index contributed by atoms with van der Waals surface area (Å²) < 4.78 is 16.8. The second-order valence-electron chi connectivity index (χ2n) is 9.98. The minimum atomic E-state index is -0.365. The number of nitrogens with zero attached hydrogens (tertiary/aromatic N) is 5. The Morgan fingerprint density at radius 2 is 1.86 bits per heavy atom. The average Bonchev–Trinajstić information content (AvgIpc) is 3.48. The summed E-state index contributed by atoms with van der Waals surface area (Å²) in [7, 11) is 1.86. The van der Waals surface area contributed by atoms with Crippen molar-refractivity contribution >= 4 is 16.8 Å². The molecule has 0 radical (unpaired) electrons. The Hall–Kier alpha value is -4.20. The van der Waals surface area contributed by atoms with Crippen LogP contribution in [0.15, 0.2) is 61.3 Å². The number of hydrogen-bond acceptors (Lipinski definition) is 5. The van der Waals surface area contributed by atoms with Crippen molar-refractivity contribution in [3.63, 3.8) is 0 Å². The highest BCUT2D eigenvalue weighted by molar-refractivity contribution is 5.96. The number of Topliss-reactive ketones (excluding diaryl/α,β-unsaturated/α-hetero) is 1. The van der Waals surface area contributed by atoms with Crippen LogP contribution in [0.2, 0.25) is 0 Å². The van der Waals surface area contributed by atoms with Gasteiger partial charge in [0.2, 0.25) is 0 Å². The van der Waals surface area contributed by atoms with Crippen molar-refractivity contribution in [1.82, 2.24) is 29.7 Å². The van der Waals surface area contributed by atoms with E-state index in [0.29, 0.717) is 34.5 Å². The number of aryl methyl sites for hydroxylation is 2. The molecule has 7 nitrogen and oxygen atoms in total. The first-order valence-corrected chi connectivity index (χ1v) is 11.8. The first-order valence-electron chi connectivity index (χ1n) is 11.8. The third-order valence-corrected chi connectivity index (χ3v) is 6.24. The van der Waals surface area contributed by atoms with Gasteiger partial charge in [-0.1, -0.05) is 32.9 Å². The van der Waals surface area contributed by atoms with Gasteiger partial charge in [-0.15, -0.1) is 0 Å². The lowest BCUT2D eigenvalue weighted by Crippen LogP contribution is -2.14. The van der Waals surface area contributed by atoms with Gasteiger partial charge in [0.1, 0.15) is 17.8 Å². The predicted molar refractivity (Wildman–Crippen MR) is 137 cm³/mol. The number of halogens is 1. The summed E-state index contributed by atoms with van der Waals surface area (Å²) in [5.74, 6) is -0.421. The molecule has 0 aliphatic heterocycles. The summed E-state index contributed by atoms with van der Waals surface area (Å²) >= 11 is 0. The highest BCUT2D eigenvalue weighted by Crippen LogP contribution is 2.30. The zero-order valence-corrected chi connectivity index (χ0v) is 20.7. The highest BCUT2D eigenvalue weighted by Gasteiger charge is 2.17. The van der Waals surface area contributed by atoms with Gasteiger partial charge in [0.25, 0.3) is 0 Å². The first kappa shape index (κ1) is 23.5. The molecule has 0 amide bonds. The van der Waals surface area contributed by atoms with Crippen LogP contribution >= 0.6 is 0 Å².